The van der Waals surface area contributed by atoms with Gasteiger partial charge >= 0.3 is 0 Å². The first-order valence-electron chi connectivity index (χ1n) is 22.0. The number of para-hydroxylation sites is 3. The number of rotatable bonds is 8. The van der Waals surface area contributed by atoms with Crippen LogP contribution in [0.15, 0.2) is 255 Å². The molecule has 0 unspecified atom stereocenters. The minimum Gasteiger partial charge on any atom is -0.310 e. The van der Waals surface area contributed by atoms with Crippen molar-refractivity contribution in [2.24, 2.45) is 0 Å². The maximum absolute atomic E-state index is 2.44. The molecule has 0 aliphatic heterocycles. The molecule has 2 nitrogen and oxygen atoms in total. The number of fused-ring (bicyclic) bond motifs is 6. The van der Waals surface area contributed by atoms with Gasteiger partial charge in [-0.05, 0) is 121 Å². The summed E-state index contributed by atoms with van der Waals surface area (Å²) in [6.45, 7) is 0. The van der Waals surface area contributed by atoms with Gasteiger partial charge in [0.1, 0.15) is 0 Å². The third kappa shape index (κ3) is 6.44. The van der Waals surface area contributed by atoms with Gasteiger partial charge in [-0.3, -0.25) is 0 Å². The number of hydrogen-bond acceptors (Lipinski definition) is 1. The van der Waals surface area contributed by atoms with E-state index in [-0.39, 0.29) is 0 Å². The van der Waals surface area contributed by atoms with Gasteiger partial charge in [0, 0.05) is 33.4 Å². The van der Waals surface area contributed by atoms with Crippen molar-refractivity contribution >= 4 is 60.4 Å². The van der Waals surface area contributed by atoms with Crippen LogP contribution in [0.2, 0.25) is 0 Å². The van der Waals surface area contributed by atoms with Crippen molar-refractivity contribution in [3.05, 3.63) is 255 Å². The summed E-state index contributed by atoms with van der Waals surface area (Å²) in [4.78, 5) is 2.44. The molecule has 0 fully saturated rings. The predicted octanol–water partition coefficient (Wildman–Crippen LogP) is 17.2. The monoisotopic (exact) mass is 814 g/mol. The fraction of sp³-hybridized carbons (Fsp3) is 0. The number of aromatic nitrogens is 1. The maximum atomic E-state index is 2.44. The van der Waals surface area contributed by atoms with Crippen LogP contribution in [0, 0.1) is 0 Å². The average molecular weight is 815 g/mol. The number of hydrogen-bond donors (Lipinski definition) is 0. The third-order valence-corrected chi connectivity index (χ3v) is 12.8. The molecular formula is C62H42N2. The van der Waals surface area contributed by atoms with E-state index in [1.165, 1.54) is 82.3 Å². The molecule has 1 aromatic heterocycles. The molecule has 0 aliphatic carbocycles. The van der Waals surface area contributed by atoms with Crippen molar-refractivity contribution in [1.29, 1.82) is 0 Å². The molecule has 64 heavy (non-hydrogen) atoms. The topological polar surface area (TPSA) is 8.17 Å². The molecule has 2 heteroatoms. The Labute approximate surface area is 373 Å². The maximum Gasteiger partial charge on any atom is 0.0542 e. The van der Waals surface area contributed by atoms with Crippen molar-refractivity contribution < 1.29 is 0 Å². The van der Waals surface area contributed by atoms with E-state index in [0.29, 0.717) is 0 Å². The van der Waals surface area contributed by atoms with Gasteiger partial charge in [0.2, 0.25) is 0 Å². The molecule has 0 spiro atoms. The fourth-order valence-electron chi connectivity index (χ4n) is 9.81. The zero-order valence-electron chi connectivity index (χ0n) is 35.1. The summed E-state index contributed by atoms with van der Waals surface area (Å²) >= 11 is 0. The Balaban J connectivity index is 1.04. The summed E-state index contributed by atoms with van der Waals surface area (Å²) in [5, 5.41) is 7.49. The molecule has 0 saturated heterocycles. The molecule has 0 saturated carbocycles. The molecule has 300 valence electrons. The van der Waals surface area contributed by atoms with E-state index in [9.17, 15) is 0 Å². The van der Waals surface area contributed by atoms with Gasteiger partial charge < -0.3 is 9.47 Å². The second-order valence-corrected chi connectivity index (χ2v) is 16.5. The van der Waals surface area contributed by atoms with Crippen LogP contribution >= 0.6 is 0 Å². The second kappa shape index (κ2) is 15.8. The summed E-state index contributed by atoms with van der Waals surface area (Å²) in [7, 11) is 0. The van der Waals surface area contributed by atoms with Gasteiger partial charge in [0.25, 0.3) is 0 Å². The Morgan fingerprint density at radius 1 is 0.266 bits per heavy atom. The minimum absolute atomic E-state index is 1.08. The highest BCUT2D eigenvalue weighted by Gasteiger charge is 2.22. The molecule has 0 atom stereocenters. The van der Waals surface area contributed by atoms with E-state index < -0.39 is 0 Å². The SMILES string of the molecule is c1ccc(-c2ccccc2-c2ccccc2-c2ccccc2N(c2ccc(-c3ccc4c(ccc5ccccc54)c3)cc2)c2ccc3c(c2)c2ccccc2n3-c2ccccc2)cc1. The average Bonchev–Trinajstić information content (AvgIpc) is 3.71. The Bertz CT molecular complexity index is 3660. The van der Waals surface area contributed by atoms with Crippen molar-refractivity contribution in [1.82, 2.24) is 4.57 Å². The molecule has 0 bridgehead atoms. The number of benzene rings is 11. The van der Waals surface area contributed by atoms with Crippen LogP contribution in [0.25, 0.3) is 93.5 Å². The smallest absolute Gasteiger partial charge is 0.0542 e. The van der Waals surface area contributed by atoms with Gasteiger partial charge in [-0.25, -0.2) is 0 Å². The van der Waals surface area contributed by atoms with E-state index in [4.69, 9.17) is 0 Å². The highest BCUT2D eigenvalue weighted by atomic mass is 15.1. The van der Waals surface area contributed by atoms with Crippen molar-refractivity contribution in [2.45, 2.75) is 0 Å². The van der Waals surface area contributed by atoms with Crippen LogP contribution in [0.5, 0.6) is 0 Å². The highest BCUT2D eigenvalue weighted by molar-refractivity contribution is 6.11. The van der Waals surface area contributed by atoms with Gasteiger partial charge in [-0.2, -0.15) is 0 Å². The zero-order valence-corrected chi connectivity index (χ0v) is 35.1. The standard InChI is InChI=1S/C62H42N2/c1-3-17-44(18-4-1)52-23-9-10-24-54(52)55-25-11-12-26-56(55)57-27-13-15-29-60(57)63(50-38-40-62-59(42-50)58-28-14-16-30-61(58)64(62)48-20-5-2-6-21-48)49-36-33-43(34-37-49)46-35-39-53-47(41-46)32-31-45-19-7-8-22-51(45)53/h1-42H. The largest absolute Gasteiger partial charge is 0.310 e. The molecular weight excluding hydrogens is 773 g/mol. The van der Waals surface area contributed by atoms with E-state index >= 15 is 0 Å². The molecule has 0 amide bonds. The lowest BCUT2D eigenvalue weighted by Crippen LogP contribution is -2.11. The van der Waals surface area contributed by atoms with Crippen LogP contribution in [0.4, 0.5) is 17.1 Å². The lowest BCUT2D eigenvalue weighted by atomic mass is 9.88. The number of nitrogens with zero attached hydrogens (tertiary/aromatic N) is 2. The van der Waals surface area contributed by atoms with Gasteiger partial charge in [-0.15, -0.1) is 0 Å². The van der Waals surface area contributed by atoms with E-state index in [1.54, 1.807) is 0 Å². The van der Waals surface area contributed by atoms with Crippen LogP contribution < -0.4 is 4.90 Å². The van der Waals surface area contributed by atoms with Gasteiger partial charge in [-0.1, -0.05) is 194 Å². The minimum atomic E-state index is 1.08. The molecule has 0 N–H and O–H groups in total. The molecule has 12 rings (SSSR count). The summed E-state index contributed by atoms with van der Waals surface area (Å²) < 4.78 is 2.38. The first-order valence-corrected chi connectivity index (χ1v) is 22.0. The molecule has 11 aromatic carbocycles. The summed E-state index contributed by atoms with van der Waals surface area (Å²) in [5.41, 5.74) is 16.3. The predicted molar refractivity (Wildman–Crippen MR) is 272 cm³/mol. The molecule has 0 aliphatic rings. The first-order chi connectivity index (χ1) is 31.8. The van der Waals surface area contributed by atoms with Gasteiger partial charge in [0.05, 0.1) is 16.7 Å². The first kappa shape index (κ1) is 37.3. The van der Waals surface area contributed by atoms with Crippen LogP contribution in [0.1, 0.15) is 0 Å². The molecule has 1 heterocycles. The summed E-state index contributed by atoms with van der Waals surface area (Å²) in [5.74, 6) is 0. The normalized spacial score (nSPS) is 11.4. The van der Waals surface area contributed by atoms with Crippen LogP contribution in [-0.4, -0.2) is 4.57 Å². The molecule has 12 aromatic rings. The lowest BCUT2D eigenvalue weighted by Gasteiger charge is -2.29. The lowest BCUT2D eigenvalue weighted by molar-refractivity contribution is 1.18. The van der Waals surface area contributed by atoms with Crippen molar-refractivity contribution in [2.75, 3.05) is 4.90 Å². The quantitative estimate of drug-likeness (QED) is 0.139. The second-order valence-electron chi connectivity index (χ2n) is 16.5. The summed E-state index contributed by atoms with van der Waals surface area (Å²) in [6.07, 6.45) is 0. The van der Waals surface area contributed by atoms with Crippen LogP contribution in [-0.2, 0) is 0 Å². The molecule has 0 radical (unpaired) electrons. The zero-order chi connectivity index (χ0) is 42.4. The highest BCUT2D eigenvalue weighted by Crippen LogP contribution is 2.47. The Kier molecular flexibility index (Phi) is 9.20. The van der Waals surface area contributed by atoms with Crippen molar-refractivity contribution in [3.8, 4) is 50.2 Å². The van der Waals surface area contributed by atoms with E-state index in [0.717, 1.165) is 28.3 Å². The van der Waals surface area contributed by atoms with Crippen LogP contribution in [0.3, 0.4) is 0 Å². The Morgan fingerprint density at radius 3 is 1.58 bits per heavy atom. The van der Waals surface area contributed by atoms with Gasteiger partial charge in [0.15, 0.2) is 0 Å². The Morgan fingerprint density at radius 2 is 0.797 bits per heavy atom. The Hall–Kier alpha value is -8.46. The van der Waals surface area contributed by atoms with Crippen molar-refractivity contribution in [3.63, 3.8) is 0 Å². The number of anilines is 3. The fourth-order valence-corrected chi connectivity index (χ4v) is 9.81. The van der Waals surface area contributed by atoms with E-state index in [1.807, 2.05) is 0 Å². The third-order valence-electron chi connectivity index (χ3n) is 12.8. The van der Waals surface area contributed by atoms with E-state index in [2.05, 4.69) is 264 Å². The summed E-state index contributed by atoms with van der Waals surface area (Å²) in [6, 6.07) is 92.7.